The summed E-state index contributed by atoms with van der Waals surface area (Å²) in [6.45, 7) is 5.83. The van der Waals surface area contributed by atoms with Crippen LogP contribution in [0, 0.1) is 6.92 Å². The van der Waals surface area contributed by atoms with Gasteiger partial charge in [0.1, 0.15) is 0 Å². The summed E-state index contributed by atoms with van der Waals surface area (Å²) < 4.78 is 5.76. The summed E-state index contributed by atoms with van der Waals surface area (Å²) in [4.78, 5) is 21.7. The van der Waals surface area contributed by atoms with Gasteiger partial charge in [0.05, 0.1) is 12.2 Å². The Labute approximate surface area is 113 Å². The first-order valence-corrected chi connectivity index (χ1v) is 6.38. The third-order valence-electron chi connectivity index (χ3n) is 2.76. The average Bonchev–Trinajstić information content (AvgIpc) is 2.34. The van der Waals surface area contributed by atoms with Gasteiger partial charge in [0.15, 0.2) is 0 Å². The number of hydrogen-bond donors (Lipinski definition) is 1. The molecule has 0 amide bonds. The Bertz CT molecular complexity index is 434. The summed E-state index contributed by atoms with van der Waals surface area (Å²) in [5.74, 6) is -2.16. The van der Waals surface area contributed by atoms with Crippen molar-refractivity contribution in [1.82, 2.24) is 0 Å². The molecule has 0 bridgehead atoms. The summed E-state index contributed by atoms with van der Waals surface area (Å²) in [6, 6.07) is 7.86. The zero-order valence-electron chi connectivity index (χ0n) is 11.6. The molecular formula is C15H20O4. The van der Waals surface area contributed by atoms with Crippen molar-refractivity contribution >= 4 is 11.8 Å². The van der Waals surface area contributed by atoms with Gasteiger partial charge in [0, 0.05) is 6.42 Å². The maximum absolute atomic E-state index is 11.2. The summed E-state index contributed by atoms with van der Waals surface area (Å²) in [6.07, 6.45) is 0.141. The molecule has 0 saturated heterocycles. The van der Waals surface area contributed by atoms with E-state index in [2.05, 4.69) is 0 Å². The number of ketones is 1. The van der Waals surface area contributed by atoms with Crippen LogP contribution < -0.4 is 0 Å². The van der Waals surface area contributed by atoms with E-state index < -0.39 is 11.8 Å². The molecule has 4 nitrogen and oxygen atoms in total. The van der Waals surface area contributed by atoms with Gasteiger partial charge >= 0.3 is 5.97 Å². The average molecular weight is 264 g/mol. The highest BCUT2D eigenvalue weighted by Crippen LogP contribution is 2.24. The van der Waals surface area contributed by atoms with Crippen LogP contribution in [0.25, 0.3) is 0 Å². The molecule has 0 aliphatic heterocycles. The molecule has 19 heavy (non-hydrogen) atoms. The van der Waals surface area contributed by atoms with Crippen LogP contribution in [0.3, 0.4) is 0 Å². The predicted octanol–water partition coefficient (Wildman–Crippen LogP) is 2.90. The molecule has 104 valence electrons. The maximum atomic E-state index is 11.2. The van der Waals surface area contributed by atoms with E-state index in [0.717, 1.165) is 11.1 Å². The molecular weight excluding hydrogens is 244 g/mol. The minimum Gasteiger partial charge on any atom is -0.476 e. The molecule has 1 rings (SSSR count). The van der Waals surface area contributed by atoms with E-state index in [1.54, 1.807) is 0 Å². The van der Waals surface area contributed by atoms with E-state index in [1.807, 2.05) is 45.0 Å². The lowest BCUT2D eigenvalue weighted by Crippen LogP contribution is -2.16. The van der Waals surface area contributed by atoms with E-state index >= 15 is 0 Å². The highest BCUT2D eigenvalue weighted by Gasteiger charge is 2.18. The Morgan fingerprint density at radius 1 is 1.21 bits per heavy atom. The largest absolute Gasteiger partial charge is 0.476 e. The number of Topliss-reactive ketones (excluding diaryl/α,β-unsaturated/α-hetero) is 1. The molecule has 1 N–H and O–H groups in total. The van der Waals surface area contributed by atoms with Crippen molar-refractivity contribution in [3.63, 3.8) is 0 Å². The topological polar surface area (TPSA) is 63.6 Å². The summed E-state index contributed by atoms with van der Waals surface area (Å²) in [5.41, 5.74) is 2.12. The molecule has 0 aromatic heterocycles. The number of aliphatic carboxylic acids is 1. The Kier molecular flexibility index (Phi) is 5.70. The molecule has 0 heterocycles. The Balaban J connectivity index is 2.74. The van der Waals surface area contributed by atoms with Crippen molar-refractivity contribution in [3.8, 4) is 0 Å². The molecule has 1 aromatic carbocycles. The van der Waals surface area contributed by atoms with Crippen LogP contribution in [-0.2, 0) is 14.3 Å². The molecule has 0 aliphatic carbocycles. The van der Waals surface area contributed by atoms with Crippen LogP contribution in [0.2, 0.25) is 0 Å². The van der Waals surface area contributed by atoms with Crippen molar-refractivity contribution in [3.05, 3.63) is 35.4 Å². The molecule has 1 unspecified atom stereocenters. The Hall–Kier alpha value is -1.68. The SMILES string of the molecule is Cc1ccc(C(CCC(=O)C(=O)O)OC(C)C)cc1. The first-order chi connectivity index (χ1) is 8.90. The van der Waals surface area contributed by atoms with Crippen molar-refractivity contribution in [2.45, 2.75) is 45.8 Å². The van der Waals surface area contributed by atoms with E-state index in [-0.39, 0.29) is 18.6 Å². The second-order valence-corrected chi connectivity index (χ2v) is 4.85. The van der Waals surface area contributed by atoms with Gasteiger partial charge in [-0.05, 0) is 32.8 Å². The number of carboxylic acid groups (broad SMARTS) is 1. The van der Waals surface area contributed by atoms with Gasteiger partial charge in [0.25, 0.3) is 0 Å². The molecule has 4 heteroatoms. The van der Waals surface area contributed by atoms with Gasteiger partial charge < -0.3 is 9.84 Å². The zero-order chi connectivity index (χ0) is 14.4. The molecule has 0 spiro atoms. The lowest BCUT2D eigenvalue weighted by Gasteiger charge is -2.20. The fraction of sp³-hybridized carbons (Fsp3) is 0.467. The summed E-state index contributed by atoms with van der Waals surface area (Å²) >= 11 is 0. The fourth-order valence-electron chi connectivity index (χ4n) is 1.79. The Morgan fingerprint density at radius 2 is 1.79 bits per heavy atom. The second kappa shape index (κ2) is 7.04. The highest BCUT2D eigenvalue weighted by atomic mass is 16.5. The number of aryl methyl sites for hydroxylation is 1. The van der Waals surface area contributed by atoms with Gasteiger partial charge in [0.2, 0.25) is 5.78 Å². The number of benzene rings is 1. The van der Waals surface area contributed by atoms with Gasteiger partial charge in [-0.3, -0.25) is 4.79 Å². The number of carboxylic acids is 1. The summed E-state index contributed by atoms with van der Waals surface area (Å²) in [7, 11) is 0. The van der Waals surface area contributed by atoms with Gasteiger partial charge in [-0.1, -0.05) is 29.8 Å². The molecule has 1 aromatic rings. The molecule has 0 fully saturated rings. The maximum Gasteiger partial charge on any atom is 0.372 e. The normalized spacial score (nSPS) is 12.4. The van der Waals surface area contributed by atoms with E-state index in [0.29, 0.717) is 6.42 Å². The molecule has 0 radical (unpaired) electrons. The zero-order valence-corrected chi connectivity index (χ0v) is 11.6. The Morgan fingerprint density at radius 3 is 2.26 bits per heavy atom. The van der Waals surface area contributed by atoms with Crippen LogP contribution >= 0.6 is 0 Å². The number of hydrogen-bond acceptors (Lipinski definition) is 3. The number of ether oxygens (including phenoxy) is 1. The van der Waals surface area contributed by atoms with Gasteiger partial charge in [-0.15, -0.1) is 0 Å². The number of rotatable bonds is 7. The van der Waals surface area contributed by atoms with Crippen molar-refractivity contribution < 1.29 is 19.4 Å². The minimum atomic E-state index is -1.38. The lowest BCUT2D eigenvalue weighted by atomic mass is 10.0. The minimum absolute atomic E-state index is 0.0133. The van der Waals surface area contributed by atoms with Crippen molar-refractivity contribution in [2.75, 3.05) is 0 Å². The molecule has 0 saturated carbocycles. The third kappa shape index (κ3) is 5.22. The quantitative estimate of drug-likeness (QED) is 0.769. The van der Waals surface area contributed by atoms with Gasteiger partial charge in [-0.25, -0.2) is 4.79 Å². The molecule has 1 atom stereocenters. The van der Waals surface area contributed by atoms with Crippen LogP contribution in [0.15, 0.2) is 24.3 Å². The smallest absolute Gasteiger partial charge is 0.372 e. The second-order valence-electron chi connectivity index (χ2n) is 4.85. The monoisotopic (exact) mass is 264 g/mol. The highest BCUT2D eigenvalue weighted by molar-refractivity contribution is 6.32. The van der Waals surface area contributed by atoms with E-state index in [1.165, 1.54) is 0 Å². The van der Waals surface area contributed by atoms with Crippen LogP contribution in [-0.4, -0.2) is 23.0 Å². The van der Waals surface area contributed by atoms with E-state index in [9.17, 15) is 9.59 Å². The van der Waals surface area contributed by atoms with Gasteiger partial charge in [-0.2, -0.15) is 0 Å². The lowest BCUT2D eigenvalue weighted by molar-refractivity contribution is -0.149. The molecule has 0 aliphatic rings. The van der Waals surface area contributed by atoms with Crippen LogP contribution in [0.4, 0.5) is 0 Å². The first kappa shape index (κ1) is 15.4. The standard InChI is InChI=1S/C15H20O4/c1-10(2)19-14(9-8-13(16)15(17)18)12-6-4-11(3)5-7-12/h4-7,10,14H,8-9H2,1-3H3,(H,17,18). The first-order valence-electron chi connectivity index (χ1n) is 6.38. The predicted molar refractivity (Wildman–Crippen MR) is 72.0 cm³/mol. The summed E-state index contributed by atoms with van der Waals surface area (Å²) in [5, 5.41) is 8.59. The third-order valence-corrected chi connectivity index (χ3v) is 2.76. The van der Waals surface area contributed by atoms with E-state index in [4.69, 9.17) is 9.84 Å². The fourth-order valence-corrected chi connectivity index (χ4v) is 1.79. The van der Waals surface area contributed by atoms with Crippen LogP contribution in [0.5, 0.6) is 0 Å². The number of carbonyl (C=O) groups is 2. The van der Waals surface area contributed by atoms with Crippen molar-refractivity contribution in [2.24, 2.45) is 0 Å². The number of carbonyl (C=O) groups excluding carboxylic acids is 1. The van der Waals surface area contributed by atoms with Crippen LogP contribution in [0.1, 0.15) is 43.9 Å². The van der Waals surface area contributed by atoms with Crippen molar-refractivity contribution in [1.29, 1.82) is 0 Å².